The molecule has 0 saturated heterocycles. The fourth-order valence-corrected chi connectivity index (χ4v) is 1.69. The number of hydrogen-bond acceptors (Lipinski definition) is 3. The van der Waals surface area contributed by atoms with E-state index in [0.29, 0.717) is 12.2 Å². The Labute approximate surface area is 105 Å². The highest BCUT2D eigenvalue weighted by atomic mass is 16.2. The van der Waals surface area contributed by atoms with E-state index in [2.05, 4.69) is 10.6 Å². The molecule has 0 atom stereocenters. The maximum absolute atomic E-state index is 11.6. The van der Waals surface area contributed by atoms with Gasteiger partial charge in [-0.25, -0.2) is 5.32 Å². The number of hydrogen-bond donors (Lipinski definition) is 1. The number of carbonyl (C=O) groups excluding carboxylic acids is 2. The van der Waals surface area contributed by atoms with Gasteiger partial charge in [0.2, 0.25) is 5.91 Å². The van der Waals surface area contributed by atoms with E-state index < -0.39 is 0 Å². The third kappa shape index (κ3) is 2.95. The number of fused-ring (bicyclic) bond motifs is 1. The number of nitrogens with zero attached hydrogens (tertiary/aromatic N) is 2. The van der Waals surface area contributed by atoms with Crippen molar-refractivity contribution in [3.63, 3.8) is 0 Å². The van der Waals surface area contributed by atoms with Crippen LogP contribution in [0.5, 0.6) is 0 Å². The van der Waals surface area contributed by atoms with E-state index in [1.54, 1.807) is 17.0 Å². The SMILES string of the molecule is CN(C)CC(=O)Nc1ccc2c(c1)=CC(=O)[N]C=2. The molecular weight excluding hydrogens is 230 g/mol. The lowest BCUT2D eigenvalue weighted by Gasteiger charge is -2.10. The standard InChI is InChI=1S/C13H14N3O2/c1-16(2)8-13(18)15-11-4-3-9-7-14-12(17)6-10(9)5-11/h3-7H,8H2,1-2H3,(H,15,18). The van der Waals surface area contributed by atoms with Crippen molar-refractivity contribution < 1.29 is 9.59 Å². The Morgan fingerprint density at radius 2 is 2.11 bits per heavy atom. The van der Waals surface area contributed by atoms with Gasteiger partial charge in [0.25, 0.3) is 5.91 Å². The second kappa shape index (κ2) is 5.01. The minimum atomic E-state index is -0.278. The van der Waals surface area contributed by atoms with Crippen molar-refractivity contribution in [1.82, 2.24) is 10.2 Å². The Morgan fingerprint density at radius 1 is 1.33 bits per heavy atom. The first-order chi connectivity index (χ1) is 8.54. The zero-order chi connectivity index (χ0) is 13.1. The van der Waals surface area contributed by atoms with E-state index in [9.17, 15) is 9.59 Å². The van der Waals surface area contributed by atoms with Crippen LogP contribution in [-0.2, 0) is 9.59 Å². The molecule has 0 fully saturated rings. The highest BCUT2D eigenvalue weighted by Gasteiger charge is 2.06. The van der Waals surface area contributed by atoms with Crippen LogP contribution in [0, 0.1) is 0 Å². The monoisotopic (exact) mass is 244 g/mol. The first-order valence-electron chi connectivity index (χ1n) is 5.56. The van der Waals surface area contributed by atoms with Crippen LogP contribution >= 0.6 is 0 Å². The summed E-state index contributed by atoms with van der Waals surface area (Å²) in [4.78, 5) is 24.5. The summed E-state index contributed by atoms with van der Waals surface area (Å²) in [7, 11) is 3.66. The smallest absolute Gasteiger partial charge is 0.270 e. The van der Waals surface area contributed by atoms with Crippen molar-refractivity contribution in [2.45, 2.75) is 0 Å². The molecule has 2 rings (SSSR count). The van der Waals surface area contributed by atoms with Crippen LogP contribution < -0.4 is 21.1 Å². The number of anilines is 1. The quantitative estimate of drug-likeness (QED) is 0.730. The van der Waals surface area contributed by atoms with Crippen LogP contribution in [0.25, 0.3) is 12.3 Å². The number of carbonyl (C=O) groups is 2. The predicted octanol–water partition coefficient (Wildman–Crippen LogP) is -1.15. The summed E-state index contributed by atoms with van der Waals surface area (Å²) >= 11 is 0. The van der Waals surface area contributed by atoms with Crippen molar-refractivity contribution in [2.24, 2.45) is 0 Å². The first kappa shape index (κ1) is 12.3. The van der Waals surface area contributed by atoms with Gasteiger partial charge < -0.3 is 10.2 Å². The molecule has 5 nitrogen and oxygen atoms in total. The van der Waals surface area contributed by atoms with Crippen LogP contribution in [0.15, 0.2) is 18.2 Å². The lowest BCUT2D eigenvalue weighted by Crippen LogP contribution is -2.34. The predicted molar refractivity (Wildman–Crippen MR) is 68.9 cm³/mol. The molecule has 0 spiro atoms. The van der Waals surface area contributed by atoms with E-state index in [1.165, 1.54) is 12.3 Å². The van der Waals surface area contributed by atoms with Crippen molar-refractivity contribution in [1.29, 1.82) is 0 Å². The Hall–Kier alpha value is -2.14. The molecule has 0 aromatic heterocycles. The van der Waals surface area contributed by atoms with Gasteiger partial charge in [-0.2, -0.15) is 0 Å². The lowest BCUT2D eigenvalue weighted by molar-refractivity contribution is -0.117. The minimum absolute atomic E-state index is 0.0873. The third-order valence-corrected chi connectivity index (χ3v) is 2.44. The molecule has 0 aliphatic carbocycles. The normalized spacial score (nSPS) is 13.2. The number of likely N-dealkylation sites (N-methyl/N-ethyl adjacent to an activating group) is 1. The zero-order valence-corrected chi connectivity index (χ0v) is 10.3. The molecule has 1 aromatic rings. The Kier molecular flexibility index (Phi) is 3.43. The van der Waals surface area contributed by atoms with Gasteiger partial charge in [0.05, 0.1) is 6.54 Å². The number of benzene rings is 1. The van der Waals surface area contributed by atoms with Crippen molar-refractivity contribution in [3.05, 3.63) is 28.6 Å². The molecule has 1 aliphatic heterocycles. The lowest BCUT2D eigenvalue weighted by atomic mass is 10.2. The minimum Gasteiger partial charge on any atom is -0.325 e. The molecule has 0 unspecified atom stereocenters. The highest BCUT2D eigenvalue weighted by molar-refractivity contribution is 6.06. The van der Waals surface area contributed by atoms with E-state index >= 15 is 0 Å². The number of rotatable bonds is 3. The summed E-state index contributed by atoms with van der Waals surface area (Å²) in [5, 5.41) is 8.12. The van der Waals surface area contributed by atoms with Crippen LogP contribution in [0.2, 0.25) is 0 Å². The largest absolute Gasteiger partial charge is 0.325 e. The van der Waals surface area contributed by atoms with Gasteiger partial charge >= 0.3 is 0 Å². The van der Waals surface area contributed by atoms with Crippen LogP contribution in [0.4, 0.5) is 5.69 Å². The maximum Gasteiger partial charge on any atom is 0.270 e. The van der Waals surface area contributed by atoms with E-state index in [0.717, 1.165) is 10.4 Å². The number of amides is 2. The summed E-state index contributed by atoms with van der Waals surface area (Å²) in [6.45, 7) is 0.321. The molecule has 5 heteroatoms. The van der Waals surface area contributed by atoms with E-state index in [4.69, 9.17) is 0 Å². The molecule has 1 aliphatic rings. The maximum atomic E-state index is 11.6. The number of nitrogens with one attached hydrogen (secondary N) is 1. The molecule has 18 heavy (non-hydrogen) atoms. The Balaban J connectivity index is 2.22. The fraction of sp³-hybridized carbons (Fsp3) is 0.231. The summed E-state index contributed by atoms with van der Waals surface area (Å²) in [6, 6.07) is 5.39. The van der Waals surface area contributed by atoms with Crippen molar-refractivity contribution >= 4 is 29.8 Å². The van der Waals surface area contributed by atoms with Gasteiger partial charge in [0.1, 0.15) is 0 Å². The summed E-state index contributed by atoms with van der Waals surface area (Å²) in [6.07, 6.45) is 2.99. The molecular formula is C13H14N3O2. The molecule has 1 heterocycles. The van der Waals surface area contributed by atoms with E-state index in [-0.39, 0.29) is 11.8 Å². The van der Waals surface area contributed by atoms with Gasteiger partial charge in [-0.1, -0.05) is 6.07 Å². The summed E-state index contributed by atoms with van der Waals surface area (Å²) in [5.41, 5.74) is 0.681. The van der Waals surface area contributed by atoms with Crippen molar-refractivity contribution in [3.8, 4) is 0 Å². The Bertz CT molecular complexity index is 605. The average Bonchev–Trinajstić information content (AvgIpc) is 2.27. The molecule has 1 radical (unpaired) electrons. The van der Waals surface area contributed by atoms with Crippen LogP contribution in [-0.4, -0.2) is 37.4 Å². The Morgan fingerprint density at radius 3 is 2.83 bits per heavy atom. The zero-order valence-electron chi connectivity index (χ0n) is 10.3. The molecule has 1 aromatic carbocycles. The second-order valence-electron chi connectivity index (χ2n) is 4.37. The average molecular weight is 244 g/mol. The summed E-state index contributed by atoms with van der Waals surface area (Å²) < 4.78 is 0. The molecule has 1 N–H and O–H groups in total. The van der Waals surface area contributed by atoms with Crippen LogP contribution in [0.3, 0.4) is 0 Å². The molecule has 0 bridgehead atoms. The van der Waals surface area contributed by atoms with Gasteiger partial charge in [-0.05, 0) is 31.4 Å². The van der Waals surface area contributed by atoms with Crippen LogP contribution in [0.1, 0.15) is 0 Å². The topological polar surface area (TPSA) is 63.5 Å². The van der Waals surface area contributed by atoms with Gasteiger partial charge in [0, 0.05) is 23.2 Å². The summed E-state index contributed by atoms with van der Waals surface area (Å²) in [5.74, 6) is -0.366. The molecule has 0 saturated carbocycles. The molecule has 2 amide bonds. The molecule has 93 valence electrons. The van der Waals surface area contributed by atoms with Gasteiger partial charge in [-0.3, -0.25) is 9.59 Å². The van der Waals surface area contributed by atoms with Gasteiger partial charge in [0.15, 0.2) is 0 Å². The fourth-order valence-electron chi connectivity index (χ4n) is 1.69. The first-order valence-corrected chi connectivity index (χ1v) is 5.56. The second-order valence-corrected chi connectivity index (χ2v) is 4.37. The van der Waals surface area contributed by atoms with Crippen molar-refractivity contribution in [2.75, 3.05) is 26.0 Å². The third-order valence-electron chi connectivity index (χ3n) is 2.44. The van der Waals surface area contributed by atoms with Gasteiger partial charge in [-0.15, -0.1) is 0 Å². The van der Waals surface area contributed by atoms with E-state index in [1.807, 2.05) is 20.2 Å². The highest BCUT2D eigenvalue weighted by Crippen LogP contribution is 2.00.